The molecule has 0 bridgehead atoms. The normalized spacial score (nSPS) is 56.1. The lowest BCUT2D eigenvalue weighted by Crippen LogP contribution is -2.40. The largest absolute Gasteiger partial charge is 0.298 e. The molecule has 3 saturated heterocycles. The molecule has 5 atom stereocenters. The molecular weight excluding hydrogens is 176 g/mol. The minimum absolute atomic E-state index is 0.532. The predicted octanol–water partition coefficient (Wildman–Crippen LogP) is 0.905. The molecule has 0 aromatic rings. The van der Waals surface area contributed by atoms with E-state index in [0.717, 1.165) is 18.0 Å². The minimum atomic E-state index is 0.532. The summed E-state index contributed by atoms with van der Waals surface area (Å²) in [6, 6.07) is 2.31. The standard InChI is InChI=1S/C11H18N2O/c1-3-7-10-9(5-1)14-12-11(10)8-4-2-6-13(7)8/h7-12H,1-6H2/t7-,8+,9+,10-,11-/m0/s1. The smallest absolute Gasteiger partial charge is 0.0849 e. The van der Waals surface area contributed by atoms with Gasteiger partial charge in [0.15, 0.2) is 0 Å². The maximum Gasteiger partial charge on any atom is 0.0849 e. The molecule has 1 saturated carbocycles. The van der Waals surface area contributed by atoms with E-state index in [1.54, 1.807) is 0 Å². The van der Waals surface area contributed by atoms with E-state index in [4.69, 9.17) is 4.84 Å². The van der Waals surface area contributed by atoms with Gasteiger partial charge in [0, 0.05) is 18.0 Å². The summed E-state index contributed by atoms with van der Waals surface area (Å²) in [4.78, 5) is 8.50. The molecule has 0 radical (unpaired) electrons. The van der Waals surface area contributed by atoms with Crippen molar-refractivity contribution in [1.29, 1.82) is 0 Å². The van der Waals surface area contributed by atoms with Gasteiger partial charge in [0.25, 0.3) is 0 Å². The van der Waals surface area contributed by atoms with Gasteiger partial charge in [-0.15, -0.1) is 0 Å². The fraction of sp³-hybridized carbons (Fsp3) is 1.00. The highest BCUT2D eigenvalue weighted by Gasteiger charge is 2.57. The molecule has 3 heteroatoms. The Kier molecular flexibility index (Phi) is 1.57. The van der Waals surface area contributed by atoms with Crippen molar-refractivity contribution in [1.82, 2.24) is 10.4 Å². The lowest BCUT2D eigenvalue weighted by Gasteiger charge is -2.33. The van der Waals surface area contributed by atoms with Crippen molar-refractivity contribution >= 4 is 0 Å². The Balaban J connectivity index is 1.72. The number of fused-ring (bicyclic) bond motifs is 3. The summed E-state index contributed by atoms with van der Waals surface area (Å²) < 4.78 is 0. The third-order valence-electron chi connectivity index (χ3n) is 4.82. The number of nitrogens with one attached hydrogen (secondary N) is 1. The molecule has 4 fully saturated rings. The van der Waals surface area contributed by atoms with E-state index >= 15 is 0 Å². The molecule has 1 aliphatic carbocycles. The number of nitrogens with zero attached hydrogens (tertiary/aromatic N) is 1. The SMILES string of the molecule is C1C[C@H]2ON[C@@H]3[C@H]2[C@H](C1)N1CCC[C@H]31. The third kappa shape index (κ3) is 0.841. The molecule has 0 aromatic heterocycles. The maximum absolute atomic E-state index is 5.72. The molecule has 0 spiro atoms. The molecule has 4 rings (SSSR count). The quantitative estimate of drug-likeness (QED) is 0.620. The van der Waals surface area contributed by atoms with E-state index in [0.29, 0.717) is 12.1 Å². The van der Waals surface area contributed by atoms with Crippen molar-refractivity contribution in [2.24, 2.45) is 5.92 Å². The van der Waals surface area contributed by atoms with E-state index in [2.05, 4.69) is 10.4 Å². The monoisotopic (exact) mass is 194 g/mol. The van der Waals surface area contributed by atoms with Gasteiger partial charge in [-0.2, -0.15) is 5.48 Å². The lowest BCUT2D eigenvalue weighted by molar-refractivity contribution is -0.0254. The third-order valence-corrected chi connectivity index (χ3v) is 4.82. The van der Waals surface area contributed by atoms with Gasteiger partial charge in [-0.1, -0.05) is 0 Å². The Morgan fingerprint density at radius 1 is 1.07 bits per heavy atom. The van der Waals surface area contributed by atoms with E-state index < -0.39 is 0 Å². The van der Waals surface area contributed by atoms with Crippen LogP contribution < -0.4 is 5.48 Å². The summed E-state index contributed by atoms with van der Waals surface area (Å²) in [5.41, 5.74) is 3.32. The molecule has 14 heavy (non-hydrogen) atoms. The Morgan fingerprint density at radius 2 is 2.00 bits per heavy atom. The Labute approximate surface area is 84.7 Å². The lowest BCUT2D eigenvalue weighted by atomic mass is 9.80. The summed E-state index contributed by atoms with van der Waals surface area (Å²) in [7, 11) is 0. The fourth-order valence-electron chi connectivity index (χ4n) is 4.35. The molecular formula is C11H18N2O. The van der Waals surface area contributed by atoms with Crippen molar-refractivity contribution in [2.75, 3.05) is 6.54 Å². The summed E-state index contributed by atoms with van der Waals surface area (Å²) in [5, 5.41) is 0. The summed E-state index contributed by atoms with van der Waals surface area (Å²) in [5.74, 6) is 0.814. The molecule has 0 unspecified atom stereocenters. The first-order valence-corrected chi connectivity index (χ1v) is 6.12. The number of hydrogen-bond donors (Lipinski definition) is 1. The summed E-state index contributed by atoms with van der Waals surface area (Å²) in [6.45, 7) is 1.34. The van der Waals surface area contributed by atoms with Crippen LogP contribution in [0.15, 0.2) is 0 Å². The van der Waals surface area contributed by atoms with Gasteiger partial charge in [0.05, 0.1) is 12.1 Å². The second-order valence-corrected chi connectivity index (χ2v) is 5.32. The van der Waals surface area contributed by atoms with Gasteiger partial charge in [-0.3, -0.25) is 9.74 Å². The van der Waals surface area contributed by atoms with Crippen LogP contribution in [0.25, 0.3) is 0 Å². The summed E-state index contributed by atoms with van der Waals surface area (Å²) >= 11 is 0. The van der Waals surface area contributed by atoms with Crippen LogP contribution in [0, 0.1) is 5.92 Å². The minimum Gasteiger partial charge on any atom is -0.298 e. The zero-order chi connectivity index (χ0) is 9.12. The van der Waals surface area contributed by atoms with Crippen LogP contribution >= 0.6 is 0 Å². The zero-order valence-electron chi connectivity index (χ0n) is 8.48. The maximum atomic E-state index is 5.72. The number of hydrogen-bond acceptors (Lipinski definition) is 3. The van der Waals surface area contributed by atoms with E-state index in [9.17, 15) is 0 Å². The van der Waals surface area contributed by atoms with Gasteiger partial charge < -0.3 is 0 Å². The van der Waals surface area contributed by atoms with Gasteiger partial charge in [0.1, 0.15) is 0 Å². The van der Waals surface area contributed by atoms with Gasteiger partial charge in [0.2, 0.25) is 0 Å². The zero-order valence-corrected chi connectivity index (χ0v) is 8.48. The van der Waals surface area contributed by atoms with Gasteiger partial charge in [-0.05, 0) is 38.6 Å². The molecule has 1 N–H and O–H groups in total. The molecule has 4 aliphatic rings. The average Bonchev–Trinajstić information content (AvgIpc) is 2.87. The highest BCUT2D eigenvalue weighted by Crippen LogP contribution is 2.47. The summed E-state index contributed by atoms with van der Waals surface area (Å²) in [6.07, 6.45) is 7.38. The topological polar surface area (TPSA) is 24.5 Å². The first-order chi connectivity index (χ1) is 6.95. The Morgan fingerprint density at radius 3 is 3.00 bits per heavy atom. The number of hydroxylamine groups is 1. The van der Waals surface area contributed by atoms with E-state index in [1.807, 2.05) is 0 Å². The van der Waals surface area contributed by atoms with Crippen LogP contribution in [0.1, 0.15) is 32.1 Å². The molecule has 0 aromatic carbocycles. The van der Waals surface area contributed by atoms with E-state index in [-0.39, 0.29) is 0 Å². The Bertz CT molecular complexity index is 254. The van der Waals surface area contributed by atoms with Gasteiger partial charge in [-0.25, -0.2) is 0 Å². The molecule has 0 amide bonds. The van der Waals surface area contributed by atoms with Crippen LogP contribution in [-0.4, -0.2) is 35.7 Å². The second-order valence-electron chi connectivity index (χ2n) is 5.32. The van der Waals surface area contributed by atoms with Crippen molar-refractivity contribution in [3.63, 3.8) is 0 Å². The second kappa shape index (κ2) is 2.71. The highest BCUT2D eigenvalue weighted by molar-refractivity contribution is 5.11. The fourth-order valence-corrected chi connectivity index (χ4v) is 4.35. The van der Waals surface area contributed by atoms with Crippen molar-refractivity contribution < 1.29 is 4.84 Å². The predicted molar refractivity (Wildman–Crippen MR) is 52.7 cm³/mol. The Hall–Kier alpha value is -0.120. The van der Waals surface area contributed by atoms with Crippen LogP contribution in [0.4, 0.5) is 0 Å². The highest BCUT2D eigenvalue weighted by atomic mass is 16.7. The van der Waals surface area contributed by atoms with Crippen LogP contribution in [0.5, 0.6) is 0 Å². The molecule has 3 nitrogen and oxygen atoms in total. The first-order valence-electron chi connectivity index (χ1n) is 6.12. The average molecular weight is 194 g/mol. The van der Waals surface area contributed by atoms with Crippen LogP contribution in [0.3, 0.4) is 0 Å². The van der Waals surface area contributed by atoms with Crippen LogP contribution in [-0.2, 0) is 4.84 Å². The van der Waals surface area contributed by atoms with Crippen LogP contribution in [0.2, 0.25) is 0 Å². The number of rotatable bonds is 0. The molecule has 3 aliphatic heterocycles. The van der Waals surface area contributed by atoms with Crippen molar-refractivity contribution in [3.8, 4) is 0 Å². The van der Waals surface area contributed by atoms with E-state index in [1.165, 1.54) is 38.6 Å². The van der Waals surface area contributed by atoms with Gasteiger partial charge >= 0.3 is 0 Å². The van der Waals surface area contributed by atoms with Crippen molar-refractivity contribution in [2.45, 2.75) is 56.3 Å². The molecule has 78 valence electrons. The molecule has 3 heterocycles. The van der Waals surface area contributed by atoms with Crippen molar-refractivity contribution in [3.05, 3.63) is 0 Å². The first kappa shape index (κ1) is 8.08.